The summed E-state index contributed by atoms with van der Waals surface area (Å²) < 4.78 is 30.7. The smallest absolute Gasteiger partial charge is 0.341 e. The lowest BCUT2D eigenvalue weighted by Gasteiger charge is -2.50. The van der Waals surface area contributed by atoms with Crippen molar-refractivity contribution in [3.05, 3.63) is 57.4 Å². The van der Waals surface area contributed by atoms with Crippen LogP contribution < -0.4 is 26.8 Å². The molecule has 33 heavy (non-hydrogen) atoms. The predicted molar refractivity (Wildman–Crippen MR) is 125 cm³/mol. The molecule has 3 aromatic rings. The van der Waals surface area contributed by atoms with Crippen LogP contribution in [0.5, 0.6) is 0 Å². The van der Waals surface area contributed by atoms with Crippen molar-refractivity contribution in [2.45, 2.75) is 19.1 Å². The molecular weight excluding hydrogens is 433 g/mol. The molecule has 1 saturated heterocycles. The fourth-order valence-corrected chi connectivity index (χ4v) is 4.45. The van der Waals surface area contributed by atoms with Gasteiger partial charge in [-0.05, 0) is 37.6 Å². The molecule has 8 nitrogen and oxygen atoms in total. The lowest BCUT2D eigenvalue weighted by molar-refractivity contribution is 0.0695. The molecule has 1 aliphatic heterocycles. The second kappa shape index (κ2) is 7.86. The van der Waals surface area contributed by atoms with E-state index in [1.807, 2.05) is 18.9 Å². The van der Waals surface area contributed by atoms with Gasteiger partial charge >= 0.3 is 5.97 Å². The van der Waals surface area contributed by atoms with E-state index >= 15 is 4.39 Å². The number of benzene rings is 2. The number of aromatic carboxylic acids is 1. The Hall–Kier alpha value is -3.44. The van der Waals surface area contributed by atoms with Crippen LogP contribution in [0.1, 0.15) is 22.8 Å². The summed E-state index contributed by atoms with van der Waals surface area (Å²) in [7, 11) is 3.46. The van der Waals surface area contributed by atoms with Gasteiger partial charge in [0.25, 0.3) is 0 Å². The highest BCUT2D eigenvalue weighted by molar-refractivity contribution is 6.42. The van der Waals surface area contributed by atoms with Crippen molar-refractivity contribution in [2.24, 2.45) is 0 Å². The molecule has 1 aliphatic rings. The van der Waals surface area contributed by atoms with Gasteiger partial charge in [-0.2, -0.15) is 0 Å². The monoisotopic (exact) mass is 456 g/mol. The minimum Gasteiger partial charge on any atom is -0.477 e. The van der Waals surface area contributed by atoms with Gasteiger partial charge in [0.05, 0.1) is 34.7 Å². The van der Waals surface area contributed by atoms with E-state index in [0.29, 0.717) is 18.6 Å². The van der Waals surface area contributed by atoms with Gasteiger partial charge in [0, 0.05) is 30.2 Å². The predicted octanol–water partition coefficient (Wildman–Crippen LogP) is 0.0981. The molecule has 0 spiro atoms. The second-order valence-electron chi connectivity index (χ2n) is 8.60. The molecule has 5 N–H and O–H groups in total. The van der Waals surface area contributed by atoms with Crippen LogP contribution in [0, 0.1) is 11.6 Å². The van der Waals surface area contributed by atoms with Crippen LogP contribution in [0.15, 0.2) is 29.2 Å². The molecule has 11 heteroatoms. The molecular formula is C22H23BF2N4O4. The maximum Gasteiger partial charge on any atom is 0.341 e. The van der Waals surface area contributed by atoms with Crippen molar-refractivity contribution < 1.29 is 23.8 Å². The maximum absolute atomic E-state index is 15.2. The van der Waals surface area contributed by atoms with Gasteiger partial charge in [0.2, 0.25) is 5.43 Å². The molecule has 1 aromatic heterocycles. The fourth-order valence-electron chi connectivity index (χ4n) is 4.45. The van der Waals surface area contributed by atoms with Gasteiger partial charge < -0.3 is 30.7 Å². The molecule has 1 fully saturated rings. The number of pyridine rings is 1. The number of nitrogens with two attached hydrogens (primary N) is 1. The molecule has 4 rings (SSSR count). The quantitative estimate of drug-likeness (QED) is 0.318. The number of fused-ring (bicyclic) bond motifs is 1. The SMILES string of the molecule is Bc1c(N2CC(C)(NC)C2)c(F)cc2c(=O)c(C(=O)O)cn(-c3cc(N)c(F)cc3CO)c12. The summed E-state index contributed by atoms with van der Waals surface area (Å²) in [5.74, 6) is -2.89. The lowest BCUT2D eigenvalue weighted by Crippen LogP contribution is -2.67. The number of nitrogen functional groups attached to an aromatic ring is 1. The first-order chi connectivity index (χ1) is 15.5. The largest absolute Gasteiger partial charge is 0.477 e. The number of hydrogen-bond acceptors (Lipinski definition) is 6. The van der Waals surface area contributed by atoms with Crippen molar-refractivity contribution in [1.29, 1.82) is 0 Å². The van der Waals surface area contributed by atoms with Gasteiger partial charge in [-0.3, -0.25) is 4.79 Å². The molecule has 0 radical (unpaired) electrons. The number of aromatic nitrogens is 1. The Kier molecular flexibility index (Phi) is 5.41. The Morgan fingerprint density at radius 3 is 2.52 bits per heavy atom. The summed E-state index contributed by atoms with van der Waals surface area (Å²) in [6.45, 7) is 2.48. The van der Waals surface area contributed by atoms with E-state index in [-0.39, 0.29) is 39.1 Å². The number of rotatable bonds is 5. The fraction of sp³-hybridized carbons (Fsp3) is 0.273. The number of nitrogens with zero attached hydrogens (tertiary/aromatic N) is 2. The van der Waals surface area contributed by atoms with Crippen LogP contribution in [-0.2, 0) is 6.61 Å². The number of likely N-dealkylation sites (N-methyl/N-ethyl adjacent to an activating group) is 1. The van der Waals surface area contributed by atoms with Crippen molar-refractivity contribution in [2.75, 3.05) is 30.8 Å². The average Bonchev–Trinajstić information content (AvgIpc) is 2.74. The first-order valence-corrected chi connectivity index (χ1v) is 10.3. The van der Waals surface area contributed by atoms with Crippen LogP contribution in [0.4, 0.5) is 20.2 Å². The third-order valence-electron chi connectivity index (χ3n) is 6.31. The van der Waals surface area contributed by atoms with Crippen LogP contribution in [-0.4, -0.2) is 54.3 Å². The molecule has 2 heterocycles. The highest BCUT2D eigenvalue weighted by atomic mass is 19.1. The van der Waals surface area contributed by atoms with E-state index in [9.17, 15) is 24.2 Å². The number of aliphatic hydroxyl groups excluding tert-OH is 1. The molecule has 0 amide bonds. The Morgan fingerprint density at radius 1 is 1.27 bits per heavy atom. The number of halogens is 2. The van der Waals surface area contributed by atoms with Gasteiger partial charge in [0.15, 0.2) is 0 Å². The minimum absolute atomic E-state index is 0.125. The molecule has 0 unspecified atom stereocenters. The summed E-state index contributed by atoms with van der Waals surface area (Å²) in [5, 5.41) is 22.4. The summed E-state index contributed by atoms with van der Waals surface area (Å²) in [6.07, 6.45) is 1.10. The zero-order chi connectivity index (χ0) is 24.2. The average molecular weight is 456 g/mol. The van der Waals surface area contributed by atoms with E-state index in [0.717, 1.165) is 18.3 Å². The molecule has 172 valence electrons. The zero-order valence-corrected chi connectivity index (χ0v) is 18.4. The van der Waals surface area contributed by atoms with Crippen molar-refractivity contribution >= 4 is 41.6 Å². The number of aliphatic hydroxyl groups is 1. The van der Waals surface area contributed by atoms with Crippen molar-refractivity contribution in [3.63, 3.8) is 0 Å². The normalized spacial score (nSPS) is 15.0. The van der Waals surface area contributed by atoms with Gasteiger partial charge in [-0.15, -0.1) is 0 Å². The van der Waals surface area contributed by atoms with Gasteiger partial charge in [-0.25, -0.2) is 13.6 Å². The lowest BCUT2D eigenvalue weighted by atomic mass is 9.85. The summed E-state index contributed by atoms with van der Waals surface area (Å²) in [5.41, 5.74) is 5.15. The molecule has 0 atom stereocenters. The van der Waals surface area contributed by atoms with Crippen molar-refractivity contribution in [1.82, 2.24) is 9.88 Å². The van der Waals surface area contributed by atoms with Crippen molar-refractivity contribution in [3.8, 4) is 5.69 Å². The number of hydrogen-bond donors (Lipinski definition) is 4. The summed E-state index contributed by atoms with van der Waals surface area (Å²) in [4.78, 5) is 26.5. The highest BCUT2D eigenvalue weighted by Gasteiger charge is 2.39. The number of nitrogens with one attached hydrogen (secondary N) is 1. The van der Waals surface area contributed by atoms with E-state index in [4.69, 9.17) is 5.73 Å². The topological polar surface area (TPSA) is 121 Å². The molecule has 0 aliphatic carbocycles. The highest BCUT2D eigenvalue weighted by Crippen LogP contribution is 2.32. The Balaban J connectivity index is 2.09. The Labute approximate surface area is 188 Å². The van der Waals surface area contributed by atoms with E-state index in [2.05, 4.69) is 5.32 Å². The van der Waals surface area contributed by atoms with E-state index < -0.39 is 35.2 Å². The zero-order valence-electron chi connectivity index (χ0n) is 18.4. The van der Waals surface area contributed by atoms with Gasteiger partial charge in [-0.1, -0.05) is 0 Å². The second-order valence-corrected chi connectivity index (χ2v) is 8.60. The first-order valence-electron chi connectivity index (χ1n) is 10.3. The Bertz CT molecular complexity index is 1370. The standard InChI is InChI=1S/C22H23BF2N4O4/c1-22(27-2)8-28(9-22)19-14(25)4-11-18(17(19)23)29(6-12(20(11)31)21(32)33)16-5-15(26)13(24)3-10(16)7-30/h3-6,27,30H,7-9,23,26H2,1-2H3,(H,32,33). The summed E-state index contributed by atoms with van der Waals surface area (Å²) in [6, 6.07) is 3.33. The Morgan fingerprint density at radius 2 is 1.94 bits per heavy atom. The third-order valence-corrected chi connectivity index (χ3v) is 6.31. The maximum atomic E-state index is 15.2. The van der Waals surface area contributed by atoms with Crippen LogP contribution in [0.3, 0.4) is 0 Å². The van der Waals surface area contributed by atoms with Crippen LogP contribution in [0.25, 0.3) is 16.6 Å². The minimum atomic E-state index is -1.49. The summed E-state index contributed by atoms with van der Waals surface area (Å²) >= 11 is 0. The number of anilines is 2. The number of carboxylic acid groups (broad SMARTS) is 1. The third kappa shape index (κ3) is 3.53. The van der Waals surface area contributed by atoms with Gasteiger partial charge in [0.1, 0.15) is 25.0 Å². The van der Waals surface area contributed by atoms with E-state index in [1.165, 1.54) is 10.6 Å². The van der Waals surface area contributed by atoms with E-state index in [1.54, 1.807) is 7.85 Å². The number of carboxylic acids is 1. The molecule has 2 aromatic carbocycles. The molecule has 0 saturated carbocycles. The van der Waals surface area contributed by atoms with Crippen LogP contribution >= 0.6 is 0 Å². The van der Waals surface area contributed by atoms with Crippen LogP contribution in [0.2, 0.25) is 0 Å². The molecule has 0 bridgehead atoms. The number of carbonyl (C=O) groups is 1. The first kappa shape index (κ1) is 22.7.